The van der Waals surface area contributed by atoms with Gasteiger partial charge in [-0.1, -0.05) is 0 Å². The van der Waals surface area contributed by atoms with Crippen LogP contribution in [0.5, 0.6) is 0 Å². The van der Waals surface area contributed by atoms with Gasteiger partial charge in [0.1, 0.15) is 6.10 Å². The summed E-state index contributed by atoms with van der Waals surface area (Å²) in [4.78, 5) is 14.3. The van der Waals surface area contributed by atoms with Crippen molar-refractivity contribution in [2.45, 2.75) is 83.1 Å². The summed E-state index contributed by atoms with van der Waals surface area (Å²) in [5.74, 6) is -0.836. The van der Waals surface area contributed by atoms with E-state index in [1.54, 1.807) is 0 Å². The van der Waals surface area contributed by atoms with Crippen LogP contribution >= 0.6 is 0 Å². The van der Waals surface area contributed by atoms with Gasteiger partial charge in [-0.25, -0.2) is 0 Å². The minimum atomic E-state index is -0.644. The van der Waals surface area contributed by atoms with E-state index < -0.39 is 11.9 Å². The lowest BCUT2D eigenvalue weighted by molar-refractivity contribution is -0.188. The molecule has 2 aliphatic rings. The van der Waals surface area contributed by atoms with E-state index in [1.807, 2.05) is 27.9 Å². The molecule has 2 fully saturated rings. The van der Waals surface area contributed by atoms with Gasteiger partial charge in [0.2, 0.25) is 0 Å². The molecule has 3 unspecified atom stereocenters. The zero-order valence-corrected chi connectivity index (χ0v) is 16.0. The minimum absolute atomic E-state index is 0.139. The summed E-state index contributed by atoms with van der Waals surface area (Å²) in [6.07, 6.45) is 2.16. The molecule has 24 heavy (non-hydrogen) atoms. The van der Waals surface area contributed by atoms with Crippen LogP contribution in [0.4, 0.5) is 0 Å². The average molecular weight is 343 g/mol. The Balaban J connectivity index is 1.97. The van der Waals surface area contributed by atoms with Crippen LogP contribution in [0.3, 0.4) is 0 Å². The summed E-state index contributed by atoms with van der Waals surface area (Å²) >= 11 is 0. The maximum Gasteiger partial charge on any atom is 0.306 e. The predicted molar refractivity (Wildman–Crippen MR) is 90.8 cm³/mol. The first-order valence-electron chi connectivity index (χ1n) is 8.92. The first-order valence-corrected chi connectivity index (χ1v) is 8.92. The number of hydrogen-bond donors (Lipinski definition) is 0. The molecule has 3 atom stereocenters. The second-order valence-electron chi connectivity index (χ2n) is 8.18. The Morgan fingerprint density at radius 3 is 2.42 bits per heavy atom. The van der Waals surface area contributed by atoms with Crippen LogP contribution in [0.25, 0.3) is 0 Å². The largest absolute Gasteiger partial charge is 0.457 e. The number of hydrogen-bond acceptors (Lipinski definition) is 6. The zero-order valence-electron chi connectivity index (χ0n) is 16.0. The molecule has 0 spiro atoms. The third kappa shape index (κ3) is 5.69. The summed E-state index contributed by atoms with van der Waals surface area (Å²) in [6.45, 7) is 9.17. The number of ether oxygens (including phenoxy) is 4. The lowest BCUT2D eigenvalue weighted by Crippen LogP contribution is -2.44. The number of nitrogens with zero attached hydrogens (tertiary/aromatic N) is 1. The molecule has 0 bridgehead atoms. The highest BCUT2D eigenvalue weighted by molar-refractivity contribution is 5.69. The van der Waals surface area contributed by atoms with Gasteiger partial charge in [-0.3, -0.25) is 4.79 Å². The Morgan fingerprint density at radius 2 is 1.92 bits per heavy atom. The Hall–Kier alpha value is -0.690. The molecule has 0 aromatic heterocycles. The Labute approximate surface area is 145 Å². The van der Waals surface area contributed by atoms with Crippen LogP contribution < -0.4 is 0 Å². The fourth-order valence-electron chi connectivity index (χ4n) is 3.27. The molecule has 0 aromatic rings. The molecular weight excluding hydrogens is 310 g/mol. The van der Waals surface area contributed by atoms with Crippen molar-refractivity contribution in [3.05, 3.63) is 0 Å². The molecule has 0 aromatic carbocycles. The molecule has 2 aliphatic heterocycles. The maximum absolute atomic E-state index is 12.3. The van der Waals surface area contributed by atoms with Gasteiger partial charge < -0.3 is 23.8 Å². The molecule has 140 valence electrons. The smallest absolute Gasteiger partial charge is 0.306 e. The summed E-state index contributed by atoms with van der Waals surface area (Å²) < 4.78 is 23.5. The van der Waals surface area contributed by atoms with Crippen molar-refractivity contribution in [2.75, 3.05) is 27.2 Å². The molecule has 0 aliphatic carbocycles. The maximum atomic E-state index is 12.3. The topological polar surface area (TPSA) is 57.2 Å². The molecule has 0 amide bonds. The highest BCUT2D eigenvalue weighted by Gasteiger charge is 2.46. The van der Waals surface area contributed by atoms with Gasteiger partial charge in [0.05, 0.1) is 18.3 Å². The van der Waals surface area contributed by atoms with Crippen molar-refractivity contribution in [2.24, 2.45) is 0 Å². The third-order valence-electron chi connectivity index (χ3n) is 4.52. The van der Waals surface area contributed by atoms with Crippen molar-refractivity contribution in [1.29, 1.82) is 0 Å². The van der Waals surface area contributed by atoms with Crippen LogP contribution in [0.15, 0.2) is 0 Å². The second-order valence-corrected chi connectivity index (χ2v) is 8.18. The van der Waals surface area contributed by atoms with Gasteiger partial charge in [-0.05, 0) is 67.6 Å². The molecule has 0 radical (unpaired) electrons. The van der Waals surface area contributed by atoms with E-state index in [1.165, 1.54) is 0 Å². The van der Waals surface area contributed by atoms with Crippen molar-refractivity contribution < 1.29 is 23.7 Å². The van der Waals surface area contributed by atoms with E-state index in [-0.39, 0.29) is 23.8 Å². The molecule has 2 heterocycles. The zero-order chi connectivity index (χ0) is 18.0. The highest BCUT2D eigenvalue weighted by Crippen LogP contribution is 2.36. The van der Waals surface area contributed by atoms with E-state index in [0.29, 0.717) is 13.0 Å². The van der Waals surface area contributed by atoms with Crippen molar-refractivity contribution in [3.63, 3.8) is 0 Å². The second kappa shape index (κ2) is 7.68. The van der Waals surface area contributed by atoms with Gasteiger partial charge in [0.15, 0.2) is 11.9 Å². The van der Waals surface area contributed by atoms with Crippen molar-refractivity contribution in [1.82, 2.24) is 4.90 Å². The van der Waals surface area contributed by atoms with E-state index in [4.69, 9.17) is 18.9 Å². The quantitative estimate of drug-likeness (QED) is 0.662. The van der Waals surface area contributed by atoms with Crippen LogP contribution in [0.2, 0.25) is 0 Å². The summed E-state index contributed by atoms with van der Waals surface area (Å²) in [7, 11) is 3.99. The molecular formula is C18H33NO5. The average Bonchev–Trinajstić information content (AvgIpc) is 2.98. The van der Waals surface area contributed by atoms with E-state index in [2.05, 4.69) is 18.7 Å². The lowest BCUT2D eigenvalue weighted by atomic mass is 10.0. The van der Waals surface area contributed by atoms with E-state index in [9.17, 15) is 4.79 Å². The molecule has 0 N–H and O–H groups in total. The third-order valence-corrected chi connectivity index (χ3v) is 4.52. The predicted octanol–water partition coefficient (Wildman–Crippen LogP) is 2.35. The van der Waals surface area contributed by atoms with Crippen LogP contribution in [0, 0.1) is 0 Å². The summed E-state index contributed by atoms with van der Waals surface area (Å²) in [5, 5.41) is 0. The lowest BCUT2D eigenvalue weighted by Gasteiger charge is -2.30. The number of carbonyl (C=O) groups excluding carboxylic acids is 1. The van der Waals surface area contributed by atoms with Gasteiger partial charge in [0, 0.05) is 6.42 Å². The first-order chi connectivity index (χ1) is 11.1. The minimum Gasteiger partial charge on any atom is -0.457 e. The van der Waals surface area contributed by atoms with Gasteiger partial charge >= 0.3 is 5.97 Å². The normalized spacial score (nSPS) is 29.8. The highest BCUT2D eigenvalue weighted by atomic mass is 16.8. The van der Waals surface area contributed by atoms with Gasteiger partial charge in [-0.2, -0.15) is 0 Å². The van der Waals surface area contributed by atoms with Crippen LogP contribution in [-0.4, -0.2) is 67.8 Å². The standard InChI is InChI=1S/C18H33NO5/c1-17(2)10-9-13(23-17)16(14-12-21-18(3,4)24-14)22-15(20)8-7-11-19(5)6/h13-14,16H,7-12H2,1-6H3. The molecule has 6 heteroatoms. The Kier molecular flexibility index (Phi) is 6.29. The van der Waals surface area contributed by atoms with Crippen LogP contribution in [0.1, 0.15) is 53.4 Å². The van der Waals surface area contributed by atoms with Gasteiger partial charge in [-0.15, -0.1) is 0 Å². The fraction of sp³-hybridized carbons (Fsp3) is 0.944. The summed E-state index contributed by atoms with van der Waals surface area (Å²) in [6, 6.07) is 0. The van der Waals surface area contributed by atoms with E-state index >= 15 is 0 Å². The number of rotatable bonds is 7. The number of carbonyl (C=O) groups is 1. The monoisotopic (exact) mass is 343 g/mol. The van der Waals surface area contributed by atoms with Gasteiger partial charge in [0.25, 0.3) is 0 Å². The first kappa shape index (κ1) is 19.6. The molecule has 2 rings (SSSR count). The number of esters is 1. The molecule has 0 saturated carbocycles. The SMILES string of the molecule is CN(C)CCCC(=O)OC(C1CCC(C)(C)O1)C1COC(C)(C)O1. The van der Waals surface area contributed by atoms with Crippen LogP contribution in [-0.2, 0) is 23.7 Å². The van der Waals surface area contributed by atoms with Crippen molar-refractivity contribution in [3.8, 4) is 0 Å². The molecule has 2 saturated heterocycles. The Morgan fingerprint density at radius 1 is 1.21 bits per heavy atom. The summed E-state index contributed by atoms with van der Waals surface area (Å²) in [5.41, 5.74) is -0.185. The van der Waals surface area contributed by atoms with Crippen molar-refractivity contribution >= 4 is 5.97 Å². The molecule has 6 nitrogen and oxygen atoms in total. The Bertz CT molecular complexity index is 409. The fourth-order valence-corrected chi connectivity index (χ4v) is 3.27. The van der Waals surface area contributed by atoms with E-state index in [0.717, 1.165) is 25.8 Å².